The highest BCUT2D eigenvalue weighted by Gasteiger charge is 2.30. The van der Waals surface area contributed by atoms with Crippen LogP contribution in [0.25, 0.3) is 10.8 Å². The predicted molar refractivity (Wildman–Crippen MR) is 74.0 cm³/mol. The van der Waals surface area contributed by atoms with Gasteiger partial charge >= 0.3 is 0 Å². The maximum Gasteiger partial charge on any atom is 0.125 e. The van der Waals surface area contributed by atoms with Crippen LogP contribution in [0.1, 0.15) is 11.5 Å². The first-order valence-electron chi connectivity index (χ1n) is 5.88. The van der Waals surface area contributed by atoms with Crippen LogP contribution in [0.5, 0.6) is 11.5 Å². The van der Waals surface area contributed by atoms with Gasteiger partial charge in [-0.3, -0.25) is 0 Å². The summed E-state index contributed by atoms with van der Waals surface area (Å²) in [7, 11) is 1.97. The van der Waals surface area contributed by atoms with Gasteiger partial charge in [-0.15, -0.1) is 11.6 Å². The van der Waals surface area contributed by atoms with Crippen molar-refractivity contribution in [2.45, 2.75) is 5.92 Å². The van der Waals surface area contributed by atoms with Crippen molar-refractivity contribution in [2.75, 3.05) is 24.4 Å². The van der Waals surface area contributed by atoms with Gasteiger partial charge in [-0.2, -0.15) is 0 Å². The van der Waals surface area contributed by atoms with E-state index in [9.17, 15) is 10.2 Å². The number of phenols is 2. The van der Waals surface area contributed by atoms with Crippen molar-refractivity contribution in [2.24, 2.45) is 0 Å². The predicted octanol–water partition coefficient (Wildman–Crippen LogP) is 3.02. The Bertz CT molecular complexity index is 627. The quantitative estimate of drug-likeness (QED) is 0.778. The summed E-state index contributed by atoms with van der Waals surface area (Å²) >= 11 is 6.02. The van der Waals surface area contributed by atoms with Crippen LogP contribution in [0.4, 0.5) is 5.69 Å². The highest BCUT2D eigenvalue weighted by Crippen LogP contribution is 2.47. The third-order valence-electron chi connectivity index (χ3n) is 3.64. The summed E-state index contributed by atoms with van der Waals surface area (Å²) in [5, 5.41) is 21.6. The first kappa shape index (κ1) is 11.5. The van der Waals surface area contributed by atoms with Crippen molar-refractivity contribution in [1.29, 1.82) is 0 Å². The van der Waals surface area contributed by atoms with Crippen molar-refractivity contribution in [3.63, 3.8) is 0 Å². The number of halogens is 1. The first-order chi connectivity index (χ1) is 8.63. The summed E-state index contributed by atoms with van der Waals surface area (Å²) in [6.07, 6.45) is 0. The Balaban J connectivity index is 2.44. The van der Waals surface area contributed by atoms with Gasteiger partial charge in [0.2, 0.25) is 0 Å². The minimum Gasteiger partial charge on any atom is -0.507 e. The fraction of sp³-hybridized carbons (Fsp3) is 0.286. The van der Waals surface area contributed by atoms with Gasteiger partial charge in [0.1, 0.15) is 11.5 Å². The van der Waals surface area contributed by atoms with Gasteiger partial charge in [0.05, 0.1) is 0 Å². The zero-order valence-corrected chi connectivity index (χ0v) is 10.8. The molecule has 0 saturated heterocycles. The summed E-state index contributed by atoms with van der Waals surface area (Å²) in [5.74, 6) is 1.08. The Hall–Kier alpha value is -1.61. The molecule has 3 nitrogen and oxygen atoms in total. The molecule has 1 aliphatic rings. The number of alkyl halides is 1. The van der Waals surface area contributed by atoms with E-state index in [0.717, 1.165) is 23.2 Å². The number of fused-ring (bicyclic) bond motifs is 3. The smallest absolute Gasteiger partial charge is 0.125 e. The topological polar surface area (TPSA) is 43.7 Å². The highest BCUT2D eigenvalue weighted by atomic mass is 35.5. The van der Waals surface area contributed by atoms with Gasteiger partial charge in [-0.25, -0.2) is 0 Å². The van der Waals surface area contributed by atoms with Crippen LogP contribution in [-0.4, -0.2) is 29.7 Å². The lowest BCUT2D eigenvalue weighted by Crippen LogP contribution is -2.15. The Morgan fingerprint density at radius 2 is 2.11 bits per heavy atom. The summed E-state index contributed by atoms with van der Waals surface area (Å²) in [4.78, 5) is 2.06. The maximum atomic E-state index is 10.1. The molecule has 0 spiro atoms. The van der Waals surface area contributed by atoms with E-state index in [1.165, 1.54) is 0 Å². The van der Waals surface area contributed by atoms with Crippen molar-refractivity contribution in [3.8, 4) is 11.5 Å². The van der Waals surface area contributed by atoms with E-state index in [1.807, 2.05) is 13.1 Å². The van der Waals surface area contributed by atoms with E-state index in [-0.39, 0.29) is 17.4 Å². The maximum absolute atomic E-state index is 10.1. The number of hydrogen-bond donors (Lipinski definition) is 2. The van der Waals surface area contributed by atoms with Crippen molar-refractivity contribution >= 4 is 28.1 Å². The van der Waals surface area contributed by atoms with E-state index in [1.54, 1.807) is 18.2 Å². The molecule has 18 heavy (non-hydrogen) atoms. The van der Waals surface area contributed by atoms with Crippen molar-refractivity contribution in [1.82, 2.24) is 0 Å². The number of anilines is 1. The summed E-state index contributed by atoms with van der Waals surface area (Å²) in [5.41, 5.74) is 1.99. The van der Waals surface area contributed by atoms with E-state index in [4.69, 9.17) is 11.6 Å². The lowest BCUT2D eigenvalue weighted by atomic mass is 9.95. The molecular formula is C14H14ClNO2. The molecule has 2 aromatic rings. The summed E-state index contributed by atoms with van der Waals surface area (Å²) < 4.78 is 0. The molecule has 0 aliphatic carbocycles. The van der Waals surface area contributed by atoms with Crippen LogP contribution in [0.2, 0.25) is 0 Å². The lowest BCUT2D eigenvalue weighted by molar-refractivity contribution is 0.475. The number of nitrogens with zero attached hydrogens (tertiary/aromatic N) is 1. The van der Waals surface area contributed by atoms with Crippen molar-refractivity contribution in [3.05, 3.63) is 29.8 Å². The van der Waals surface area contributed by atoms with E-state index in [0.29, 0.717) is 11.3 Å². The standard InChI is InChI=1S/C14H14ClNO2/c1-16-7-8(6-15)13-10(16)5-12(18)9-3-2-4-11(17)14(9)13/h2-5,8,17-18H,6-7H2,1H3. The normalized spacial score (nSPS) is 18.3. The molecule has 2 aromatic carbocycles. The molecule has 94 valence electrons. The molecule has 1 aliphatic heterocycles. The molecule has 3 rings (SSSR count). The second-order valence-corrected chi connectivity index (χ2v) is 5.07. The molecule has 0 radical (unpaired) electrons. The molecule has 0 saturated carbocycles. The van der Waals surface area contributed by atoms with Gasteiger partial charge in [0.25, 0.3) is 0 Å². The van der Waals surface area contributed by atoms with Crippen LogP contribution in [0, 0.1) is 0 Å². The van der Waals surface area contributed by atoms with Crippen LogP contribution in [0.15, 0.2) is 24.3 Å². The second-order valence-electron chi connectivity index (χ2n) is 4.76. The zero-order chi connectivity index (χ0) is 12.9. The molecule has 0 aromatic heterocycles. The average Bonchev–Trinajstić information content (AvgIpc) is 2.67. The molecule has 0 amide bonds. The van der Waals surface area contributed by atoms with Crippen LogP contribution in [-0.2, 0) is 0 Å². The average molecular weight is 264 g/mol. The van der Waals surface area contributed by atoms with Crippen LogP contribution in [0.3, 0.4) is 0 Å². The molecule has 4 heteroatoms. The molecule has 1 unspecified atom stereocenters. The SMILES string of the molecule is CN1CC(CCl)c2c1cc(O)c1cccc(O)c21. The molecule has 0 bridgehead atoms. The van der Waals surface area contributed by atoms with E-state index in [2.05, 4.69) is 4.90 Å². The van der Waals surface area contributed by atoms with E-state index >= 15 is 0 Å². The number of hydrogen-bond acceptors (Lipinski definition) is 3. The Kier molecular flexibility index (Phi) is 2.52. The number of benzene rings is 2. The van der Waals surface area contributed by atoms with Crippen LogP contribution >= 0.6 is 11.6 Å². The summed E-state index contributed by atoms with van der Waals surface area (Å²) in [6.45, 7) is 0.811. The van der Waals surface area contributed by atoms with E-state index < -0.39 is 0 Å². The Labute approximate surface area is 110 Å². The van der Waals surface area contributed by atoms with Crippen LogP contribution < -0.4 is 4.90 Å². The van der Waals surface area contributed by atoms with Gasteiger partial charge in [0, 0.05) is 47.9 Å². The lowest BCUT2D eigenvalue weighted by Gasteiger charge is -2.14. The van der Waals surface area contributed by atoms with Gasteiger partial charge < -0.3 is 15.1 Å². The Morgan fingerprint density at radius 3 is 2.83 bits per heavy atom. The molecule has 1 heterocycles. The minimum atomic E-state index is 0.183. The summed E-state index contributed by atoms with van der Waals surface area (Å²) in [6, 6.07) is 6.95. The molecule has 1 atom stereocenters. The number of likely N-dealkylation sites (N-methyl/N-ethyl adjacent to an activating group) is 1. The first-order valence-corrected chi connectivity index (χ1v) is 6.41. The largest absolute Gasteiger partial charge is 0.507 e. The fourth-order valence-corrected chi connectivity index (χ4v) is 3.08. The van der Waals surface area contributed by atoms with Gasteiger partial charge in [-0.05, 0) is 11.6 Å². The second kappa shape index (κ2) is 3.95. The van der Waals surface area contributed by atoms with Crippen molar-refractivity contribution < 1.29 is 10.2 Å². The third kappa shape index (κ3) is 1.44. The van der Waals surface area contributed by atoms with Gasteiger partial charge in [-0.1, -0.05) is 12.1 Å². The third-order valence-corrected chi connectivity index (χ3v) is 4.01. The number of rotatable bonds is 1. The van der Waals surface area contributed by atoms with Gasteiger partial charge in [0.15, 0.2) is 0 Å². The monoisotopic (exact) mass is 263 g/mol. The molecule has 0 fully saturated rings. The molecular weight excluding hydrogens is 250 g/mol. The Morgan fingerprint density at radius 1 is 1.33 bits per heavy atom. The molecule has 2 N–H and O–H groups in total. The number of aromatic hydroxyl groups is 2. The minimum absolute atomic E-state index is 0.183. The zero-order valence-electron chi connectivity index (χ0n) is 10.0. The highest BCUT2D eigenvalue weighted by molar-refractivity contribution is 6.19. The fourth-order valence-electron chi connectivity index (χ4n) is 2.82. The number of phenolic OH excluding ortho intramolecular Hbond substituents is 2.